The number of carbonyl (C=O) groups excluding carboxylic acids is 1. The summed E-state index contributed by atoms with van der Waals surface area (Å²) in [7, 11) is 0. The first kappa shape index (κ1) is 19.0. The Morgan fingerprint density at radius 2 is 2.18 bits per heavy atom. The van der Waals surface area contributed by atoms with Gasteiger partial charge in [-0.15, -0.1) is 0 Å². The molecule has 1 aliphatic heterocycles. The zero-order valence-electron chi connectivity index (χ0n) is 16.2. The highest BCUT2D eigenvalue weighted by molar-refractivity contribution is 7.80. The Labute approximate surface area is 171 Å². The fourth-order valence-corrected chi connectivity index (χ4v) is 5.13. The monoisotopic (exact) mass is 388 g/mol. The lowest BCUT2D eigenvalue weighted by molar-refractivity contribution is -0.124. The Morgan fingerprint density at radius 3 is 2.96 bits per heavy atom. The molecule has 0 N–H and O–H groups in total. The van der Waals surface area contributed by atoms with Crippen LogP contribution in [0.1, 0.15) is 57.4 Å². The molecule has 1 aromatic rings. The number of unbranched alkanes of at least 4 members (excludes halogenated alkanes) is 1. The van der Waals surface area contributed by atoms with Crippen LogP contribution in [0.15, 0.2) is 52.1 Å². The Balaban J connectivity index is 1.74. The van der Waals surface area contributed by atoms with Crippen LogP contribution in [0.4, 0.5) is 5.69 Å². The van der Waals surface area contributed by atoms with Crippen LogP contribution < -0.4 is 0 Å². The number of rotatable bonds is 4. The Kier molecular flexibility index (Phi) is 5.12. The lowest BCUT2D eigenvalue weighted by Gasteiger charge is -2.37. The fourth-order valence-electron chi connectivity index (χ4n) is 4.85. The first-order valence-electron chi connectivity index (χ1n) is 10.1. The Morgan fingerprint density at radius 1 is 1.36 bits per heavy atom. The van der Waals surface area contributed by atoms with E-state index in [0.717, 1.165) is 48.2 Å². The van der Waals surface area contributed by atoms with Gasteiger partial charge in [-0.3, -0.25) is 9.79 Å². The third-order valence-corrected chi connectivity index (χ3v) is 6.73. The molecule has 1 spiro atoms. The minimum absolute atomic E-state index is 0.258. The van der Waals surface area contributed by atoms with Crippen LogP contribution in [0.2, 0.25) is 0 Å². The number of para-hydroxylation sites is 1. The average molecular weight is 389 g/mol. The summed E-state index contributed by atoms with van der Waals surface area (Å²) >= 11 is 5.48. The normalized spacial score (nSPS) is 26.4. The van der Waals surface area contributed by atoms with E-state index in [9.17, 15) is 10.1 Å². The molecule has 142 valence electrons. The van der Waals surface area contributed by atoms with Crippen LogP contribution in [0.25, 0.3) is 0 Å². The molecule has 2 unspecified atom stereocenters. The summed E-state index contributed by atoms with van der Waals surface area (Å²) < 4.78 is 0. The molecule has 0 amide bonds. The predicted octanol–water partition coefficient (Wildman–Crippen LogP) is 5.72. The first-order chi connectivity index (χ1) is 13.6. The molecule has 0 aromatic heterocycles. The van der Waals surface area contributed by atoms with Crippen LogP contribution in [-0.2, 0) is 10.2 Å². The molecule has 2 atom stereocenters. The van der Waals surface area contributed by atoms with Crippen molar-refractivity contribution in [3.05, 3.63) is 52.6 Å². The zero-order chi connectivity index (χ0) is 19.7. The zero-order valence-corrected chi connectivity index (χ0v) is 17.0. The molecule has 1 heterocycles. The molecule has 2 aliphatic carbocycles. The minimum atomic E-state index is -0.610. The maximum absolute atomic E-state index is 13.0. The lowest BCUT2D eigenvalue weighted by Crippen LogP contribution is -2.42. The predicted molar refractivity (Wildman–Crippen MR) is 116 cm³/mol. The summed E-state index contributed by atoms with van der Waals surface area (Å²) in [6, 6.07) is 10.3. The highest BCUT2D eigenvalue weighted by atomic mass is 32.1. The Hall–Kier alpha value is -2.38. The number of hydrogen-bond donors (Lipinski definition) is 0. The number of Topliss-reactive ketones (excluding diaryl/α,β-unsaturated/α-hetero) is 1. The van der Waals surface area contributed by atoms with Crippen LogP contribution >= 0.6 is 12.2 Å². The molecule has 0 bridgehead atoms. The second-order valence-corrected chi connectivity index (χ2v) is 8.53. The van der Waals surface area contributed by atoms with Gasteiger partial charge in [0.25, 0.3) is 0 Å². The van der Waals surface area contributed by atoms with E-state index in [0.29, 0.717) is 18.4 Å². The molecule has 28 heavy (non-hydrogen) atoms. The molecule has 3 nitrogen and oxygen atoms in total. The number of ketones is 1. The van der Waals surface area contributed by atoms with Gasteiger partial charge in [0, 0.05) is 23.9 Å². The van der Waals surface area contributed by atoms with E-state index in [1.807, 2.05) is 36.6 Å². The smallest absolute Gasteiger partial charge is 0.148 e. The van der Waals surface area contributed by atoms with Crippen molar-refractivity contribution in [2.45, 2.75) is 57.3 Å². The van der Waals surface area contributed by atoms with Crippen molar-refractivity contribution in [3.63, 3.8) is 0 Å². The maximum atomic E-state index is 13.0. The summed E-state index contributed by atoms with van der Waals surface area (Å²) in [5.74, 6) is 0.526. The van der Waals surface area contributed by atoms with E-state index >= 15 is 0 Å². The van der Waals surface area contributed by atoms with E-state index in [-0.39, 0.29) is 11.7 Å². The van der Waals surface area contributed by atoms with E-state index in [4.69, 9.17) is 12.2 Å². The molecule has 1 fully saturated rings. The molecule has 0 radical (unpaired) electrons. The second kappa shape index (κ2) is 7.56. The molecule has 3 aliphatic rings. The van der Waals surface area contributed by atoms with Crippen molar-refractivity contribution >= 4 is 34.8 Å². The van der Waals surface area contributed by atoms with Gasteiger partial charge >= 0.3 is 0 Å². The summed E-state index contributed by atoms with van der Waals surface area (Å²) in [4.78, 5) is 18.4. The number of nitriles is 1. The van der Waals surface area contributed by atoms with E-state index in [1.54, 1.807) is 0 Å². The first-order valence-corrected chi connectivity index (χ1v) is 10.5. The highest BCUT2D eigenvalue weighted by Crippen LogP contribution is 2.49. The molecule has 1 aromatic carbocycles. The molecular formula is C24H24N2OS. The van der Waals surface area contributed by atoms with Gasteiger partial charge < -0.3 is 0 Å². The lowest BCUT2D eigenvalue weighted by atomic mass is 9.63. The van der Waals surface area contributed by atoms with Crippen molar-refractivity contribution < 1.29 is 4.79 Å². The van der Waals surface area contributed by atoms with Crippen molar-refractivity contribution in [2.75, 3.05) is 0 Å². The Bertz CT molecular complexity index is 979. The van der Waals surface area contributed by atoms with E-state index in [1.165, 1.54) is 11.1 Å². The van der Waals surface area contributed by atoms with Gasteiger partial charge in [0.15, 0.2) is 0 Å². The van der Waals surface area contributed by atoms with Crippen LogP contribution in [-0.4, -0.2) is 16.9 Å². The summed E-state index contributed by atoms with van der Waals surface area (Å²) in [6.45, 7) is 2.19. The standard InChI is InChI=1S/C24H24N2OS/c1-2-3-6-16-12-22(28)18(14-25)11-19(16)17-9-10-23(27)24(13-17)15-26-21-8-5-4-7-20(21)24/h4-5,7-8,11,15,17H,2-3,6,9-10,12-13H2,1H3. The van der Waals surface area contributed by atoms with Gasteiger partial charge in [0.05, 0.1) is 16.7 Å². The van der Waals surface area contributed by atoms with Crippen molar-refractivity contribution in [3.8, 4) is 6.07 Å². The summed E-state index contributed by atoms with van der Waals surface area (Å²) in [5.41, 5.74) is 4.58. The topological polar surface area (TPSA) is 53.2 Å². The van der Waals surface area contributed by atoms with Gasteiger partial charge in [-0.05, 0) is 54.9 Å². The SMILES string of the molecule is CCCCC1=C(C2CCC(=O)C3(C=Nc4ccccc43)C2)C=C(C#N)C(=S)C1. The molecule has 4 heteroatoms. The van der Waals surface area contributed by atoms with Gasteiger partial charge in [0.1, 0.15) is 11.9 Å². The minimum Gasteiger partial charge on any atom is -0.298 e. The fraction of sp³-hybridized carbons (Fsp3) is 0.417. The number of nitrogens with zero attached hydrogens (tertiary/aromatic N) is 2. The summed E-state index contributed by atoms with van der Waals surface area (Å²) in [6.07, 6.45) is 10.0. The molecular weight excluding hydrogens is 364 g/mol. The number of benzene rings is 1. The number of allylic oxidation sites excluding steroid dienone is 4. The molecule has 1 saturated carbocycles. The van der Waals surface area contributed by atoms with Crippen molar-refractivity contribution in [2.24, 2.45) is 10.9 Å². The van der Waals surface area contributed by atoms with Crippen molar-refractivity contribution in [1.82, 2.24) is 0 Å². The van der Waals surface area contributed by atoms with Gasteiger partial charge in [-0.1, -0.05) is 49.3 Å². The van der Waals surface area contributed by atoms with Crippen LogP contribution in [0.3, 0.4) is 0 Å². The van der Waals surface area contributed by atoms with Crippen LogP contribution in [0.5, 0.6) is 0 Å². The number of thiocarbonyl (C=S) groups is 1. The highest BCUT2D eigenvalue weighted by Gasteiger charge is 2.48. The van der Waals surface area contributed by atoms with Gasteiger partial charge in [-0.2, -0.15) is 5.26 Å². The average Bonchev–Trinajstić information content (AvgIpc) is 3.08. The molecule has 0 saturated heterocycles. The third kappa shape index (κ3) is 3.08. The second-order valence-electron chi connectivity index (χ2n) is 8.04. The van der Waals surface area contributed by atoms with Crippen LogP contribution in [0, 0.1) is 17.2 Å². The van der Waals surface area contributed by atoms with Gasteiger partial charge in [0.2, 0.25) is 0 Å². The van der Waals surface area contributed by atoms with Crippen molar-refractivity contribution in [1.29, 1.82) is 5.26 Å². The van der Waals surface area contributed by atoms with E-state index in [2.05, 4.69) is 18.0 Å². The maximum Gasteiger partial charge on any atom is 0.148 e. The quantitative estimate of drug-likeness (QED) is 0.620. The largest absolute Gasteiger partial charge is 0.298 e. The number of carbonyl (C=O) groups is 1. The number of aliphatic imine (C=N–C) groups is 1. The number of fused-ring (bicyclic) bond motifs is 2. The number of hydrogen-bond acceptors (Lipinski definition) is 4. The summed E-state index contributed by atoms with van der Waals surface area (Å²) in [5, 5.41) is 9.51. The third-order valence-electron chi connectivity index (χ3n) is 6.37. The van der Waals surface area contributed by atoms with Gasteiger partial charge in [-0.25, -0.2) is 0 Å². The molecule has 4 rings (SSSR count). The van der Waals surface area contributed by atoms with E-state index < -0.39 is 5.41 Å².